The third-order valence-electron chi connectivity index (χ3n) is 5.89. The van der Waals surface area contributed by atoms with Crippen LogP contribution in [0.4, 0.5) is 0 Å². The highest BCUT2D eigenvalue weighted by Crippen LogP contribution is 2.30. The van der Waals surface area contributed by atoms with Crippen LogP contribution in [0.1, 0.15) is 15.9 Å². The first-order valence-electron chi connectivity index (χ1n) is 12.2. The Morgan fingerprint density at radius 3 is 2.41 bits per heavy atom. The first-order chi connectivity index (χ1) is 17.8. The maximum atomic E-state index is 12.6. The summed E-state index contributed by atoms with van der Waals surface area (Å²) in [4.78, 5) is 12.6. The highest BCUT2D eigenvalue weighted by atomic mass is 16.7. The van der Waals surface area contributed by atoms with Crippen molar-refractivity contribution in [1.29, 1.82) is 0 Å². The van der Waals surface area contributed by atoms with Gasteiger partial charge in [-0.25, -0.2) is 0 Å². The molecule has 0 spiro atoms. The van der Waals surface area contributed by atoms with Gasteiger partial charge in [0.25, 0.3) is 5.91 Å². The molecule has 1 amide bonds. The van der Waals surface area contributed by atoms with Gasteiger partial charge in [0.2, 0.25) is 6.29 Å². The Morgan fingerprint density at radius 1 is 0.973 bits per heavy atom. The largest absolute Gasteiger partial charge is 0.462 e. The van der Waals surface area contributed by atoms with E-state index in [4.69, 9.17) is 24.7 Å². The number of carbonyl (C=O) groups excluding carboxylic acids is 1. The number of aliphatic hydroxyl groups excluding tert-OH is 4. The number of amides is 1. The molecule has 204 valence electrons. The average molecular weight is 521 g/mol. The summed E-state index contributed by atoms with van der Waals surface area (Å²) >= 11 is 0. The van der Waals surface area contributed by atoms with E-state index in [1.54, 1.807) is 37.3 Å². The molecule has 2 aromatic rings. The SMILES string of the molecule is Cc1cc(-c2cccc(C(=O)NCCOCCOCCN)c2)ccc1O[C@H]1OC(CO)[C@@H](O)C(O)C1O. The number of carbonyl (C=O) groups is 1. The predicted molar refractivity (Wildman–Crippen MR) is 134 cm³/mol. The number of nitrogens with two attached hydrogens (primary N) is 1. The quantitative estimate of drug-likeness (QED) is 0.190. The molecule has 0 saturated carbocycles. The first kappa shape index (κ1) is 29.0. The number of rotatable bonds is 13. The lowest BCUT2D eigenvalue weighted by molar-refractivity contribution is -0.277. The molecule has 3 unspecified atom stereocenters. The number of hydrogen-bond acceptors (Lipinski definition) is 10. The van der Waals surface area contributed by atoms with E-state index >= 15 is 0 Å². The molecule has 5 atom stereocenters. The van der Waals surface area contributed by atoms with Crippen LogP contribution in [0.25, 0.3) is 11.1 Å². The summed E-state index contributed by atoms with van der Waals surface area (Å²) < 4.78 is 21.8. The van der Waals surface area contributed by atoms with E-state index in [1.165, 1.54) is 0 Å². The van der Waals surface area contributed by atoms with Gasteiger partial charge in [-0.15, -0.1) is 0 Å². The third-order valence-corrected chi connectivity index (χ3v) is 5.89. The molecule has 0 aliphatic carbocycles. The van der Waals surface area contributed by atoms with E-state index in [2.05, 4.69) is 5.32 Å². The van der Waals surface area contributed by atoms with Crippen LogP contribution < -0.4 is 15.8 Å². The van der Waals surface area contributed by atoms with Gasteiger partial charge in [0.05, 0.1) is 33.0 Å². The molecule has 7 N–H and O–H groups in total. The van der Waals surface area contributed by atoms with Gasteiger partial charge in [-0.1, -0.05) is 18.2 Å². The van der Waals surface area contributed by atoms with E-state index in [0.717, 1.165) is 16.7 Å². The van der Waals surface area contributed by atoms with Crippen LogP contribution in [0.2, 0.25) is 0 Å². The van der Waals surface area contributed by atoms with Crippen molar-refractivity contribution in [3.8, 4) is 16.9 Å². The van der Waals surface area contributed by atoms with Gasteiger partial charge >= 0.3 is 0 Å². The third kappa shape index (κ3) is 7.94. The Labute approximate surface area is 215 Å². The topological polar surface area (TPSA) is 173 Å². The number of hydrogen-bond donors (Lipinski definition) is 6. The minimum Gasteiger partial charge on any atom is -0.462 e. The van der Waals surface area contributed by atoms with E-state index < -0.39 is 37.3 Å². The number of nitrogens with one attached hydrogen (secondary N) is 1. The number of ether oxygens (including phenoxy) is 4. The van der Waals surface area contributed by atoms with Crippen molar-refractivity contribution in [3.05, 3.63) is 53.6 Å². The molecule has 11 heteroatoms. The second kappa shape index (κ2) is 14.4. The summed E-state index contributed by atoms with van der Waals surface area (Å²) in [5, 5.41) is 42.3. The Bertz CT molecular complexity index is 1000. The Balaban J connectivity index is 1.58. The summed E-state index contributed by atoms with van der Waals surface area (Å²) in [5.74, 6) is 0.180. The molecule has 1 aliphatic heterocycles. The van der Waals surface area contributed by atoms with E-state index in [-0.39, 0.29) is 5.91 Å². The summed E-state index contributed by atoms with van der Waals surface area (Å²) in [5.41, 5.74) is 8.23. The predicted octanol–water partition coefficient (Wildman–Crippen LogP) is -0.438. The Hall–Kier alpha value is -2.61. The van der Waals surface area contributed by atoms with Crippen LogP contribution >= 0.6 is 0 Å². The smallest absolute Gasteiger partial charge is 0.251 e. The molecule has 0 radical (unpaired) electrons. The van der Waals surface area contributed by atoms with Gasteiger partial charge in [-0.2, -0.15) is 0 Å². The molecule has 37 heavy (non-hydrogen) atoms. The van der Waals surface area contributed by atoms with Gasteiger partial charge in [0, 0.05) is 18.7 Å². The van der Waals surface area contributed by atoms with Crippen LogP contribution in [-0.4, -0.2) is 103 Å². The van der Waals surface area contributed by atoms with Gasteiger partial charge < -0.3 is 50.4 Å². The van der Waals surface area contributed by atoms with Crippen molar-refractivity contribution < 1.29 is 44.2 Å². The maximum Gasteiger partial charge on any atom is 0.251 e. The molecule has 0 aromatic heterocycles. The lowest BCUT2D eigenvalue weighted by Crippen LogP contribution is -2.60. The average Bonchev–Trinajstić information content (AvgIpc) is 2.91. The van der Waals surface area contributed by atoms with Crippen molar-refractivity contribution in [2.45, 2.75) is 37.6 Å². The second-order valence-corrected chi connectivity index (χ2v) is 8.65. The van der Waals surface area contributed by atoms with Crippen LogP contribution in [0.15, 0.2) is 42.5 Å². The standard InChI is InChI=1S/C26H36N2O9/c1-16-13-18(5-6-20(16)36-26-24(32)23(31)22(30)21(15-29)37-26)17-3-2-4-19(14-17)25(33)28-8-10-35-12-11-34-9-7-27/h2-6,13-14,21-24,26,29-32H,7-12,15,27H2,1H3,(H,28,33)/t21?,22-,23?,24?,26+/m1/s1. The normalized spacial score (nSPS) is 23.6. The van der Waals surface area contributed by atoms with E-state index in [1.807, 2.05) is 12.1 Å². The fourth-order valence-electron chi connectivity index (χ4n) is 3.84. The zero-order chi connectivity index (χ0) is 26.8. The molecule has 1 aliphatic rings. The lowest BCUT2D eigenvalue weighted by Gasteiger charge is -2.39. The fraction of sp³-hybridized carbons (Fsp3) is 0.500. The van der Waals surface area contributed by atoms with Crippen molar-refractivity contribution in [3.63, 3.8) is 0 Å². The van der Waals surface area contributed by atoms with Gasteiger partial charge in [-0.3, -0.25) is 4.79 Å². The molecular weight excluding hydrogens is 484 g/mol. The zero-order valence-corrected chi connectivity index (χ0v) is 20.8. The number of aliphatic hydroxyl groups is 4. The summed E-state index contributed by atoms with van der Waals surface area (Å²) in [7, 11) is 0. The molecule has 1 fully saturated rings. The van der Waals surface area contributed by atoms with Gasteiger partial charge in [0.15, 0.2) is 0 Å². The van der Waals surface area contributed by atoms with Crippen LogP contribution in [0, 0.1) is 6.92 Å². The summed E-state index contributed by atoms with van der Waals surface area (Å²) in [6, 6.07) is 12.5. The molecule has 11 nitrogen and oxygen atoms in total. The van der Waals surface area contributed by atoms with Crippen molar-refractivity contribution in [2.75, 3.05) is 46.1 Å². The van der Waals surface area contributed by atoms with Crippen LogP contribution in [-0.2, 0) is 14.2 Å². The minimum atomic E-state index is -1.52. The minimum absolute atomic E-state index is 0.218. The fourth-order valence-corrected chi connectivity index (χ4v) is 3.84. The molecule has 0 bridgehead atoms. The monoisotopic (exact) mass is 520 g/mol. The molecular formula is C26H36N2O9. The summed E-state index contributed by atoms with van der Waals surface area (Å²) in [6.07, 6.45) is -6.80. The van der Waals surface area contributed by atoms with Gasteiger partial charge in [-0.05, 0) is 47.9 Å². The maximum absolute atomic E-state index is 12.6. The first-order valence-corrected chi connectivity index (χ1v) is 12.2. The van der Waals surface area contributed by atoms with Crippen LogP contribution in [0.3, 0.4) is 0 Å². The Kier molecular flexibility index (Phi) is 11.2. The molecule has 3 rings (SSSR count). The summed E-state index contributed by atoms with van der Waals surface area (Å²) in [6.45, 7) is 3.85. The Morgan fingerprint density at radius 2 is 1.70 bits per heavy atom. The molecule has 1 heterocycles. The van der Waals surface area contributed by atoms with Crippen molar-refractivity contribution >= 4 is 5.91 Å². The highest BCUT2D eigenvalue weighted by Gasteiger charge is 2.44. The van der Waals surface area contributed by atoms with Crippen molar-refractivity contribution in [1.82, 2.24) is 5.32 Å². The number of benzene rings is 2. The van der Waals surface area contributed by atoms with Gasteiger partial charge in [0.1, 0.15) is 30.2 Å². The number of aryl methyl sites for hydroxylation is 1. The van der Waals surface area contributed by atoms with E-state index in [9.17, 15) is 25.2 Å². The van der Waals surface area contributed by atoms with Crippen LogP contribution in [0.5, 0.6) is 5.75 Å². The molecule has 2 aromatic carbocycles. The van der Waals surface area contributed by atoms with E-state index in [0.29, 0.717) is 50.8 Å². The van der Waals surface area contributed by atoms with Crippen molar-refractivity contribution in [2.24, 2.45) is 5.73 Å². The highest BCUT2D eigenvalue weighted by molar-refractivity contribution is 5.95. The second-order valence-electron chi connectivity index (χ2n) is 8.65. The lowest BCUT2D eigenvalue weighted by atomic mass is 9.99. The molecule has 1 saturated heterocycles. The zero-order valence-electron chi connectivity index (χ0n) is 20.8.